The van der Waals surface area contributed by atoms with Gasteiger partial charge in [-0.1, -0.05) is 23.4 Å². The summed E-state index contributed by atoms with van der Waals surface area (Å²) in [5, 5.41) is 9.23. The summed E-state index contributed by atoms with van der Waals surface area (Å²) >= 11 is 0. The van der Waals surface area contributed by atoms with Crippen molar-refractivity contribution in [1.29, 1.82) is 0 Å². The van der Waals surface area contributed by atoms with Crippen molar-refractivity contribution in [2.45, 2.75) is 26.7 Å². The fraction of sp³-hybridized carbons (Fsp3) is 0.200. The highest BCUT2D eigenvalue weighted by molar-refractivity contribution is 5.93. The van der Waals surface area contributed by atoms with E-state index in [0.29, 0.717) is 22.5 Å². The summed E-state index contributed by atoms with van der Waals surface area (Å²) in [6, 6.07) is 11.5. The van der Waals surface area contributed by atoms with Crippen LogP contribution in [0.2, 0.25) is 0 Å². The zero-order chi connectivity index (χ0) is 20.1. The Morgan fingerprint density at radius 2 is 1.86 bits per heavy atom. The number of carbonyl (C=O) groups is 2. The number of hydrogen-bond donors (Lipinski definition) is 2. The standard InChI is InChI=1S/C20H19FN4O3/c1-12-6-7-14(10-17(12)21)20-24-19(28-25-20)9-8-18(27)23-16-5-3-4-15(11-16)22-13(2)26/h3-7,10-11H,8-9H2,1-2H3,(H,22,26)(H,23,27). The summed E-state index contributed by atoms with van der Waals surface area (Å²) in [5.74, 6) is -0.203. The predicted molar refractivity (Wildman–Crippen MR) is 102 cm³/mol. The molecule has 3 aromatic rings. The van der Waals surface area contributed by atoms with Gasteiger partial charge in [0.1, 0.15) is 5.82 Å². The summed E-state index contributed by atoms with van der Waals surface area (Å²) in [5.41, 5.74) is 2.21. The first-order valence-corrected chi connectivity index (χ1v) is 8.67. The minimum Gasteiger partial charge on any atom is -0.339 e. The average Bonchev–Trinajstić information content (AvgIpc) is 3.11. The van der Waals surface area contributed by atoms with Gasteiger partial charge in [-0.3, -0.25) is 9.59 Å². The van der Waals surface area contributed by atoms with Crippen LogP contribution in [0.15, 0.2) is 47.0 Å². The highest BCUT2D eigenvalue weighted by atomic mass is 19.1. The van der Waals surface area contributed by atoms with Crippen LogP contribution in [0.1, 0.15) is 24.8 Å². The first-order chi connectivity index (χ1) is 13.4. The number of carbonyl (C=O) groups excluding carboxylic acids is 2. The number of nitrogens with one attached hydrogen (secondary N) is 2. The largest absolute Gasteiger partial charge is 0.339 e. The highest BCUT2D eigenvalue weighted by Gasteiger charge is 2.12. The summed E-state index contributed by atoms with van der Waals surface area (Å²) in [6.07, 6.45) is 0.382. The Morgan fingerprint density at radius 3 is 2.57 bits per heavy atom. The lowest BCUT2D eigenvalue weighted by Crippen LogP contribution is -2.13. The topological polar surface area (TPSA) is 97.1 Å². The number of benzene rings is 2. The van der Waals surface area contributed by atoms with E-state index in [4.69, 9.17) is 4.52 Å². The second-order valence-electron chi connectivity index (χ2n) is 6.29. The van der Waals surface area contributed by atoms with Gasteiger partial charge in [0.15, 0.2) is 0 Å². The third kappa shape index (κ3) is 5.00. The molecule has 0 radical (unpaired) electrons. The fourth-order valence-corrected chi connectivity index (χ4v) is 2.53. The van der Waals surface area contributed by atoms with Gasteiger partial charge in [0.25, 0.3) is 0 Å². The normalized spacial score (nSPS) is 10.5. The molecule has 7 nitrogen and oxygen atoms in total. The van der Waals surface area contributed by atoms with E-state index in [-0.39, 0.29) is 42.2 Å². The Balaban J connectivity index is 1.57. The van der Waals surface area contributed by atoms with Crippen LogP contribution in [-0.2, 0) is 16.0 Å². The van der Waals surface area contributed by atoms with E-state index in [9.17, 15) is 14.0 Å². The number of amides is 2. The lowest BCUT2D eigenvalue weighted by Gasteiger charge is -2.07. The zero-order valence-corrected chi connectivity index (χ0v) is 15.5. The molecule has 3 rings (SSSR count). The maximum absolute atomic E-state index is 13.7. The van der Waals surface area contributed by atoms with E-state index in [1.54, 1.807) is 43.3 Å². The molecule has 0 fully saturated rings. The van der Waals surface area contributed by atoms with E-state index in [2.05, 4.69) is 20.8 Å². The van der Waals surface area contributed by atoms with Gasteiger partial charge in [0.05, 0.1) is 0 Å². The first kappa shape index (κ1) is 19.2. The van der Waals surface area contributed by atoms with Crippen molar-refractivity contribution in [3.8, 4) is 11.4 Å². The summed E-state index contributed by atoms with van der Waals surface area (Å²) in [7, 11) is 0. The predicted octanol–water partition coefficient (Wildman–Crippen LogP) is 3.71. The quantitative estimate of drug-likeness (QED) is 0.677. The number of aryl methyl sites for hydroxylation is 2. The van der Waals surface area contributed by atoms with Gasteiger partial charge in [0, 0.05) is 36.7 Å². The molecule has 2 aromatic carbocycles. The third-order valence-corrected chi connectivity index (χ3v) is 3.93. The summed E-state index contributed by atoms with van der Waals surface area (Å²) < 4.78 is 18.8. The van der Waals surface area contributed by atoms with Crippen LogP contribution >= 0.6 is 0 Å². The second-order valence-corrected chi connectivity index (χ2v) is 6.29. The van der Waals surface area contributed by atoms with Gasteiger partial charge in [0.2, 0.25) is 23.5 Å². The van der Waals surface area contributed by atoms with Crippen LogP contribution in [0.4, 0.5) is 15.8 Å². The van der Waals surface area contributed by atoms with Gasteiger partial charge in [-0.15, -0.1) is 0 Å². The SMILES string of the molecule is CC(=O)Nc1cccc(NC(=O)CCc2nc(-c3ccc(C)c(F)c3)no2)c1. The molecule has 0 saturated carbocycles. The molecule has 2 N–H and O–H groups in total. The Kier molecular flexibility index (Phi) is 5.78. The molecule has 0 saturated heterocycles. The lowest BCUT2D eigenvalue weighted by molar-refractivity contribution is -0.116. The number of rotatable bonds is 6. The fourth-order valence-electron chi connectivity index (χ4n) is 2.53. The number of nitrogens with zero attached hydrogens (tertiary/aromatic N) is 2. The van der Waals surface area contributed by atoms with E-state index in [1.807, 2.05) is 0 Å². The molecule has 1 heterocycles. The van der Waals surface area contributed by atoms with Crippen LogP contribution in [0.3, 0.4) is 0 Å². The minimum absolute atomic E-state index is 0.133. The summed E-state index contributed by atoms with van der Waals surface area (Å²) in [6.45, 7) is 3.08. The first-order valence-electron chi connectivity index (χ1n) is 8.67. The molecule has 144 valence electrons. The minimum atomic E-state index is -0.343. The molecule has 2 amide bonds. The molecule has 0 bridgehead atoms. The van der Waals surface area contributed by atoms with E-state index in [0.717, 1.165) is 0 Å². The van der Waals surface area contributed by atoms with Crippen molar-refractivity contribution >= 4 is 23.2 Å². The van der Waals surface area contributed by atoms with Crippen LogP contribution in [0.25, 0.3) is 11.4 Å². The molecule has 0 aliphatic rings. The molecule has 0 unspecified atom stereocenters. The summed E-state index contributed by atoms with van der Waals surface area (Å²) in [4.78, 5) is 27.4. The molecule has 1 aromatic heterocycles. The van der Waals surface area contributed by atoms with Crippen molar-refractivity contribution in [2.24, 2.45) is 0 Å². The Hall–Kier alpha value is -3.55. The molecule has 0 spiro atoms. The second kappa shape index (κ2) is 8.43. The molecule has 28 heavy (non-hydrogen) atoms. The van der Waals surface area contributed by atoms with Crippen LogP contribution in [-0.4, -0.2) is 22.0 Å². The van der Waals surface area contributed by atoms with Gasteiger partial charge < -0.3 is 15.2 Å². The van der Waals surface area contributed by atoms with Crippen molar-refractivity contribution in [3.05, 3.63) is 59.7 Å². The number of aromatic nitrogens is 2. The molecule has 0 aliphatic heterocycles. The van der Waals surface area contributed by atoms with Gasteiger partial charge in [-0.05, 0) is 36.8 Å². The maximum atomic E-state index is 13.7. The van der Waals surface area contributed by atoms with E-state index in [1.165, 1.54) is 13.0 Å². The van der Waals surface area contributed by atoms with Crippen molar-refractivity contribution in [3.63, 3.8) is 0 Å². The number of halogens is 1. The number of anilines is 2. The Labute approximate surface area is 161 Å². The maximum Gasteiger partial charge on any atom is 0.227 e. The van der Waals surface area contributed by atoms with Crippen molar-refractivity contribution in [2.75, 3.05) is 10.6 Å². The van der Waals surface area contributed by atoms with Crippen LogP contribution < -0.4 is 10.6 Å². The van der Waals surface area contributed by atoms with Crippen LogP contribution in [0.5, 0.6) is 0 Å². The molecule has 8 heteroatoms. The number of hydrogen-bond acceptors (Lipinski definition) is 5. The monoisotopic (exact) mass is 382 g/mol. The zero-order valence-electron chi connectivity index (χ0n) is 15.5. The molecular formula is C20H19FN4O3. The third-order valence-electron chi connectivity index (χ3n) is 3.93. The Morgan fingerprint density at radius 1 is 1.11 bits per heavy atom. The van der Waals surface area contributed by atoms with Gasteiger partial charge in [-0.2, -0.15) is 4.98 Å². The van der Waals surface area contributed by atoms with E-state index < -0.39 is 0 Å². The highest BCUT2D eigenvalue weighted by Crippen LogP contribution is 2.20. The van der Waals surface area contributed by atoms with Gasteiger partial charge in [-0.25, -0.2) is 4.39 Å². The average molecular weight is 382 g/mol. The Bertz CT molecular complexity index is 1020. The molecule has 0 atom stereocenters. The lowest BCUT2D eigenvalue weighted by atomic mass is 10.1. The van der Waals surface area contributed by atoms with Crippen molar-refractivity contribution in [1.82, 2.24) is 10.1 Å². The van der Waals surface area contributed by atoms with Crippen molar-refractivity contribution < 1.29 is 18.5 Å². The smallest absolute Gasteiger partial charge is 0.227 e. The molecule has 0 aliphatic carbocycles. The van der Waals surface area contributed by atoms with Gasteiger partial charge >= 0.3 is 0 Å². The molecular weight excluding hydrogens is 363 g/mol. The van der Waals surface area contributed by atoms with E-state index >= 15 is 0 Å². The van der Waals surface area contributed by atoms with Crippen LogP contribution in [0, 0.1) is 12.7 Å².